The molecule has 0 radical (unpaired) electrons. The quantitative estimate of drug-likeness (QED) is 0.812. The van der Waals surface area contributed by atoms with Crippen molar-refractivity contribution in [2.24, 2.45) is 7.05 Å². The normalized spacial score (nSPS) is 19.2. The molecule has 1 saturated heterocycles. The Morgan fingerprint density at radius 3 is 2.96 bits per heavy atom. The number of aryl methyl sites for hydroxylation is 1. The zero-order chi connectivity index (χ0) is 16.2. The molecule has 0 spiro atoms. The lowest BCUT2D eigenvalue weighted by molar-refractivity contribution is -0.128. The van der Waals surface area contributed by atoms with Crippen LogP contribution < -0.4 is 0 Å². The minimum Gasteiger partial charge on any atom is -0.343 e. The lowest BCUT2D eigenvalue weighted by atomic mass is 10.1. The summed E-state index contributed by atoms with van der Waals surface area (Å²) in [6.07, 6.45) is 10.6. The number of hydrogen-bond acceptors (Lipinski definition) is 5. The molecular weight excluding hydrogens is 294 g/mol. The van der Waals surface area contributed by atoms with Crippen LogP contribution in [0.4, 0.5) is 0 Å². The molecule has 1 unspecified atom stereocenters. The van der Waals surface area contributed by atoms with Gasteiger partial charge in [-0.15, -0.1) is 0 Å². The predicted molar refractivity (Wildman–Crippen MR) is 84.2 cm³/mol. The standard InChI is InChI=1S/C16H21N5O2/c1-12-13(10-18-20(12)2)7-8-15(22)21-9-5-3-4-6-14(21)16-17-11-23-19-16/h7-8,10-11,14H,3-6,9H2,1-2H3/b8-7+. The first kappa shape index (κ1) is 15.5. The molecule has 0 aliphatic carbocycles. The third-order valence-corrected chi connectivity index (χ3v) is 4.39. The molecule has 1 aliphatic heterocycles. The van der Waals surface area contributed by atoms with Crippen LogP contribution in [0.2, 0.25) is 0 Å². The van der Waals surface area contributed by atoms with Gasteiger partial charge < -0.3 is 9.42 Å². The number of amides is 1. The molecule has 1 amide bonds. The minimum absolute atomic E-state index is 0.0232. The molecule has 0 N–H and O–H groups in total. The fourth-order valence-electron chi connectivity index (χ4n) is 2.90. The maximum absolute atomic E-state index is 12.7. The molecular formula is C16H21N5O2. The number of nitrogens with zero attached hydrogens (tertiary/aromatic N) is 5. The van der Waals surface area contributed by atoms with Gasteiger partial charge in [0.05, 0.1) is 12.2 Å². The molecule has 7 heteroatoms. The third-order valence-electron chi connectivity index (χ3n) is 4.39. The molecule has 0 saturated carbocycles. The summed E-state index contributed by atoms with van der Waals surface area (Å²) in [5.41, 5.74) is 1.98. The molecule has 7 nitrogen and oxygen atoms in total. The van der Waals surface area contributed by atoms with Crippen LogP contribution in [0.15, 0.2) is 23.2 Å². The van der Waals surface area contributed by atoms with Gasteiger partial charge in [0.2, 0.25) is 12.3 Å². The van der Waals surface area contributed by atoms with E-state index >= 15 is 0 Å². The van der Waals surface area contributed by atoms with Gasteiger partial charge in [0.1, 0.15) is 0 Å². The van der Waals surface area contributed by atoms with E-state index in [-0.39, 0.29) is 11.9 Å². The highest BCUT2D eigenvalue weighted by molar-refractivity contribution is 5.92. The summed E-state index contributed by atoms with van der Waals surface area (Å²) < 4.78 is 6.65. The molecule has 122 valence electrons. The second-order valence-corrected chi connectivity index (χ2v) is 5.83. The fraction of sp³-hybridized carbons (Fsp3) is 0.500. The number of rotatable bonds is 3. The Balaban J connectivity index is 1.79. The molecule has 3 rings (SSSR count). The number of likely N-dealkylation sites (tertiary alicyclic amines) is 1. The molecule has 1 aliphatic rings. The summed E-state index contributed by atoms with van der Waals surface area (Å²) in [6, 6.07) is -0.108. The van der Waals surface area contributed by atoms with Gasteiger partial charge in [-0.3, -0.25) is 9.48 Å². The average molecular weight is 315 g/mol. The summed E-state index contributed by atoms with van der Waals surface area (Å²) >= 11 is 0. The summed E-state index contributed by atoms with van der Waals surface area (Å²) in [7, 11) is 1.88. The van der Waals surface area contributed by atoms with Crippen LogP contribution in [-0.4, -0.2) is 37.3 Å². The van der Waals surface area contributed by atoms with Crippen LogP contribution in [0.1, 0.15) is 48.8 Å². The van der Waals surface area contributed by atoms with Crippen LogP contribution in [0.25, 0.3) is 6.08 Å². The Hall–Kier alpha value is -2.44. The first-order valence-corrected chi connectivity index (χ1v) is 7.90. The zero-order valence-corrected chi connectivity index (χ0v) is 13.5. The van der Waals surface area contributed by atoms with E-state index in [1.54, 1.807) is 17.0 Å². The van der Waals surface area contributed by atoms with E-state index < -0.39 is 0 Å². The van der Waals surface area contributed by atoms with Crippen LogP contribution in [0.3, 0.4) is 0 Å². The lowest BCUT2D eigenvalue weighted by Gasteiger charge is -2.26. The van der Waals surface area contributed by atoms with Crippen molar-refractivity contribution in [3.63, 3.8) is 0 Å². The summed E-state index contributed by atoms with van der Waals surface area (Å²) in [4.78, 5) is 18.7. The maximum Gasteiger partial charge on any atom is 0.247 e. The Kier molecular flexibility index (Phi) is 4.55. The van der Waals surface area contributed by atoms with E-state index in [4.69, 9.17) is 4.52 Å². The average Bonchev–Trinajstić information content (AvgIpc) is 3.11. The van der Waals surface area contributed by atoms with Crippen molar-refractivity contribution in [3.05, 3.63) is 35.7 Å². The van der Waals surface area contributed by atoms with E-state index in [2.05, 4.69) is 15.2 Å². The smallest absolute Gasteiger partial charge is 0.247 e. The highest BCUT2D eigenvalue weighted by Crippen LogP contribution is 2.28. The molecule has 1 atom stereocenters. The van der Waals surface area contributed by atoms with Crippen molar-refractivity contribution < 1.29 is 9.32 Å². The van der Waals surface area contributed by atoms with Crippen molar-refractivity contribution in [2.45, 2.75) is 38.6 Å². The molecule has 3 heterocycles. The van der Waals surface area contributed by atoms with E-state index in [1.807, 2.05) is 24.9 Å². The highest BCUT2D eigenvalue weighted by Gasteiger charge is 2.28. The van der Waals surface area contributed by atoms with E-state index in [1.165, 1.54) is 6.39 Å². The van der Waals surface area contributed by atoms with Crippen LogP contribution >= 0.6 is 0 Å². The second-order valence-electron chi connectivity index (χ2n) is 5.83. The molecule has 0 aromatic carbocycles. The zero-order valence-electron chi connectivity index (χ0n) is 13.5. The number of aromatic nitrogens is 4. The van der Waals surface area contributed by atoms with Gasteiger partial charge in [-0.1, -0.05) is 18.0 Å². The number of hydrogen-bond donors (Lipinski definition) is 0. The Morgan fingerprint density at radius 2 is 2.26 bits per heavy atom. The largest absolute Gasteiger partial charge is 0.343 e. The first-order valence-electron chi connectivity index (χ1n) is 7.90. The van der Waals surface area contributed by atoms with Gasteiger partial charge in [-0.25, -0.2) is 0 Å². The monoisotopic (exact) mass is 315 g/mol. The van der Waals surface area contributed by atoms with Crippen LogP contribution in [0, 0.1) is 6.92 Å². The van der Waals surface area contributed by atoms with Gasteiger partial charge in [0.25, 0.3) is 0 Å². The van der Waals surface area contributed by atoms with Gasteiger partial charge in [-0.2, -0.15) is 10.1 Å². The van der Waals surface area contributed by atoms with Gasteiger partial charge in [0.15, 0.2) is 5.82 Å². The Labute approximate surface area is 135 Å². The van der Waals surface area contributed by atoms with Gasteiger partial charge >= 0.3 is 0 Å². The maximum atomic E-state index is 12.7. The lowest BCUT2D eigenvalue weighted by Crippen LogP contribution is -2.34. The Bertz CT molecular complexity index is 689. The molecule has 2 aromatic rings. The van der Waals surface area contributed by atoms with Crippen molar-refractivity contribution in [1.82, 2.24) is 24.8 Å². The van der Waals surface area contributed by atoms with E-state index in [9.17, 15) is 4.79 Å². The molecule has 1 fully saturated rings. The summed E-state index contributed by atoms with van der Waals surface area (Å²) in [5, 5.41) is 8.12. The fourth-order valence-corrected chi connectivity index (χ4v) is 2.90. The third kappa shape index (κ3) is 3.33. The number of carbonyl (C=O) groups is 1. The van der Waals surface area contributed by atoms with Crippen LogP contribution in [0.5, 0.6) is 0 Å². The molecule has 2 aromatic heterocycles. The number of carbonyl (C=O) groups excluding carboxylic acids is 1. The predicted octanol–water partition coefficient (Wildman–Crippen LogP) is 2.27. The summed E-state index contributed by atoms with van der Waals surface area (Å²) in [5.74, 6) is 0.566. The minimum atomic E-state index is -0.108. The van der Waals surface area contributed by atoms with Crippen molar-refractivity contribution in [3.8, 4) is 0 Å². The summed E-state index contributed by atoms with van der Waals surface area (Å²) in [6.45, 7) is 2.69. The van der Waals surface area contributed by atoms with Crippen LogP contribution in [-0.2, 0) is 11.8 Å². The van der Waals surface area contributed by atoms with Gasteiger partial charge in [-0.05, 0) is 25.8 Å². The van der Waals surface area contributed by atoms with Crippen molar-refractivity contribution in [1.29, 1.82) is 0 Å². The van der Waals surface area contributed by atoms with Gasteiger partial charge in [0, 0.05) is 30.9 Å². The second kappa shape index (κ2) is 6.76. The SMILES string of the molecule is Cc1c(/C=C/C(=O)N2CCCCCC2c2ncon2)cnn1C. The molecule has 23 heavy (non-hydrogen) atoms. The highest BCUT2D eigenvalue weighted by atomic mass is 16.5. The molecule has 0 bridgehead atoms. The van der Waals surface area contributed by atoms with E-state index in [0.29, 0.717) is 12.4 Å². The topological polar surface area (TPSA) is 77.1 Å². The van der Waals surface area contributed by atoms with Crippen molar-refractivity contribution >= 4 is 12.0 Å². The Morgan fingerprint density at radius 1 is 1.39 bits per heavy atom. The first-order chi connectivity index (χ1) is 11.2. The van der Waals surface area contributed by atoms with E-state index in [0.717, 1.165) is 36.9 Å². The van der Waals surface area contributed by atoms with Crippen molar-refractivity contribution in [2.75, 3.05) is 6.54 Å².